The second kappa shape index (κ2) is 3.62. The van der Waals surface area contributed by atoms with Crippen LogP contribution in [0.15, 0.2) is 24.7 Å². The van der Waals surface area contributed by atoms with E-state index >= 15 is 0 Å². The fourth-order valence-electron chi connectivity index (χ4n) is 2.19. The first-order valence-corrected chi connectivity index (χ1v) is 5.43. The Labute approximate surface area is 88.3 Å². The van der Waals surface area contributed by atoms with Crippen LogP contribution in [0.4, 0.5) is 0 Å². The van der Waals surface area contributed by atoms with Crippen molar-refractivity contribution in [2.24, 2.45) is 0 Å². The molecule has 3 heterocycles. The summed E-state index contributed by atoms with van der Waals surface area (Å²) < 4.78 is 1.86. The summed E-state index contributed by atoms with van der Waals surface area (Å²) in [5.41, 5.74) is 2.24. The van der Waals surface area contributed by atoms with Crippen molar-refractivity contribution in [1.82, 2.24) is 19.9 Å². The smallest absolute Gasteiger partial charge is 0.154 e. The molecule has 0 aromatic carbocycles. The van der Waals surface area contributed by atoms with Gasteiger partial charge in [-0.1, -0.05) is 0 Å². The van der Waals surface area contributed by atoms with E-state index in [0.717, 1.165) is 18.7 Å². The summed E-state index contributed by atoms with van der Waals surface area (Å²) in [5, 5.41) is 7.59. The minimum Gasteiger partial charge on any atom is -0.317 e. The van der Waals surface area contributed by atoms with E-state index in [1.54, 1.807) is 6.20 Å². The fraction of sp³-hybridized carbons (Fsp3) is 0.455. The molecular weight excluding hydrogens is 188 g/mol. The van der Waals surface area contributed by atoms with Crippen LogP contribution in [0.3, 0.4) is 0 Å². The summed E-state index contributed by atoms with van der Waals surface area (Å²) >= 11 is 0. The van der Waals surface area contributed by atoms with E-state index < -0.39 is 0 Å². The van der Waals surface area contributed by atoms with Crippen molar-refractivity contribution in [3.05, 3.63) is 30.2 Å². The standard InChI is InChI=1S/C11H14N4/c1-4-12-5-2-9(1)10-7-13-11-3-6-14-15(11)8-10/h3,6-9,12H,1-2,4-5H2. The van der Waals surface area contributed by atoms with Gasteiger partial charge < -0.3 is 5.32 Å². The Balaban J connectivity index is 1.95. The summed E-state index contributed by atoms with van der Waals surface area (Å²) in [5.74, 6) is 0.646. The van der Waals surface area contributed by atoms with E-state index in [9.17, 15) is 0 Å². The van der Waals surface area contributed by atoms with E-state index in [1.807, 2.05) is 16.8 Å². The Hall–Kier alpha value is -1.42. The molecule has 4 nitrogen and oxygen atoms in total. The third-order valence-electron chi connectivity index (χ3n) is 3.08. The highest BCUT2D eigenvalue weighted by molar-refractivity contribution is 5.36. The van der Waals surface area contributed by atoms with E-state index in [1.165, 1.54) is 18.4 Å². The average Bonchev–Trinajstić information content (AvgIpc) is 2.77. The summed E-state index contributed by atoms with van der Waals surface area (Å²) in [4.78, 5) is 4.40. The second-order valence-electron chi connectivity index (χ2n) is 4.05. The molecule has 0 radical (unpaired) electrons. The lowest BCUT2D eigenvalue weighted by atomic mass is 9.92. The number of piperidine rings is 1. The Morgan fingerprint density at radius 3 is 3.07 bits per heavy atom. The van der Waals surface area contributed by atoms with Crippen LogP contribution in [0.25, 0.3) is 5.65 Å². The van der Waals surface area contributed by atoms with E-state index in [-0.39, 0.29) is 0 Å². The molecule has 3 rings (SSSR count). The number of aromatic nitrogens is 3. The van der Waals surface area contributed by atoms with Crippen molar-refractivity contribution in [3.8, 4) is 0 Å². The Morgan fingerprint density at radius 1 is 1.33 bits per heavy atom. The molecular formula is C11H14N4. The van der Waals surface area contributed by atoms with Gasteiger partial charge in [0.1, 0.15) is 0 Å². The zero-order chi connectivity index (χ0) is 10.1. The molecule has 0 aliphatic carbocycles. The zero-order valence-corrected chi connectivity index (χ0v) is 8.56. The molecule has 0 saturated carbocycles. The molecule has 78 valence electrons. The first kappa shape index (κ1) is 8.85. The molecule has 0 amide bonds. The van der Waals surface area contributed by atoms with Crippen LogP contribution in [0.1, 0.15) is 24.3 Å². The van der Waals surface area contributed by atoms with Crippen molar-refractivity contribution in [2.75, 3.05) is 13.1 Å². The first-order valence-electron chi connectivity index (χ1n) is 5.43. The zero-order valence-electron chi connectivity index (χ0n) is 8.56. The summed E-state index contributed by atoms with van der Waals surface area (Å²) in [6, 6.07) is 1.92. The van der Waals surface area contributed by atoms with Gasteiger partial charge in [-0.3, -0.25) is 0 Å². The van der Waals surface area contributed by atoms with Crippen LogP contribution in [-0.4, -0.2) is 27.7 Å². The molecule has 1 aliphatic heterocycles. The Bertz CT molecular complexity index is 456. The molecule has 1 N–H and O–H groups in total. The Kier molecular flexibility index (Phi) is 2.14. The van der Waals surface area contributed by atoms with Gasteiger partial charge in [0.15, 0.2) is 5.65 Å². The van der Waals surface area contributed by atoms with Gasteiger partial charge in [-0.25, -0.2) is 9.50 Å². The summed E-state index contributed by atoms with van der Waals surface area (Å²) in [7, 11) is 0. The highest BCUT2D eigenvalue weighted by atomic mass is 15.2. The number of rotatable bonds is 1. The number of fused-ring (bicyclic) bond motifs is 1. The SMILES string of the molecule is c1cc2ncc(C3CCNCC3)cn2n1. The number of nitrogens with zero attached hydrogens (tertiary/aromatic N) is 3. The largest absolute Gasteiger partial charge is 0.317 e. The third-order valence-corrected chi connectivity index (χ3v) is 3.08. The monoisotopic (exact) mass is 202 g/mol. The van der Waals surface area contributed by atoms with Crippen LogP contribution >= 0.6 is 0 Å². The lowest BCUT2D eigenvalue weighted by Crippen LogP contribution is -2.26. The van der Waals surface area contributed by atoms with Crippen LogP contribution in [0.2, 0.25) is 0 Å². The topological polar surface area (TPSA) is 42.2 Å². The molecule has 1 fully saturated rings. The predicted octanol–water partition coefficient (Wildman–Crippen LogP) is 1.20. The van der Waals surface area contributed by atoms with Gasteiger partial charge in [0.2, 0.25) is 0 Å². The minimum atomic E-state index is 0.646. The maximum absolute atomic E-state index is 4.40. The van der Waals surface area contributed by atoms with Gasteiger partial charge in [0, 0.05) is 18.5 Å². The highest BCUT2D eigenvalue weighted by Crippen LogP contribution is 2.24. The minimum absolute atomic E-state index is 0.646. The molecule has 15 heavy (non-hydrogen) atoms. The van der Waals surface area contributed by atoms with Crippen LogP contribution in [-0.2, 0) is 0 Å². The lowest BCUT2D eigenvalue weighted by molar-refractivity contribution is 0.458. The van der Waals surface area contributed by atoms with Crippen LogP contribution < -0.4 is 5.32 Å². The van der Waals surface area contributed by atoms with Gasteiger partial charge in [0.25, 0.3) is 0 Å². The van der Waals surface area contributed by atoms with Crippen LogP contribution in [0.5, 0.6) is 0 Å². The van der Waals surface area contributed by atoms with Crippen molar-refractivity contribution in [2.45, 2.75) is 18.8 Å². The molecule has 2 aromatic heterocycles. The summed E-state index contributed by atoms with van der Waals surface area (Å²) in [6.45, 7) is 2.23. The van der Waals surface area contributed by atoms with Crippen molar-refractivity contribution in [3.63, 3.8) is 0 Å². The normalized spacial score (nSPS) is 18.4. The maximum atomic E-state index is 4.40. The number of hydrogen-bond acceptors (Lipinski definition) is 3. The molecule has 0 unspecified atom stereocenters. The lowest BCUT2D eigenvalue weighted by Gasteiger charge is -2.22. The second-order valence-corrected chi connectivity index (χ2v) is 4.05. The maximum Gasteiger partial charge on any atom is 0.154 e. The third kappa shape index (κ3) is 1.61. The van der Waals surface area contributed by atoms with Gasteiger partial charge in [-0.15, -0.1) is 0 Å². The first-order chi connectivity index (χ1) is 7.43. The average molecular weight is 202 g/mol. The predicted molar refractivity (Wildman–Crippen MR) is 57.8 cm³/mol. The Morgan fingerprint density at radius 2 is 2.20 bits per heavy atom. The van der Waals surface area contributed by atoms with E-state index in [4.69, 9.17) is 0 Å². The molecule has 4 heteroatoms. The van der Waals surface area contributed by atoms with Crippen molar-refractivity contribution >= 4 is 5.65 Å². The van der Waals surface area contributed by atoms with Gasteiger partial charge in [-0.2, -0.15) is 5.10 Å². The van der Waals surface area contributed by atoms with Gasteiger partial charge >= 0.3 is 0 Å². The van der Waals surface area contributed by atoms with Gasteiger partial charge in [-0.05, 0) is 37.4 Å². The molecule has 0 spiro atoms. The highest BCUT2D eigenvalue weighted by Gasteiger charge is 2.15. The van der Waals surface area contributed by atoms with E-state index in [2.05, 4.69) is 21.6 Å². The molecule has 1 saturated heterocycles. The van der Waals surface area contributed by atoms with Crippen LogP contribution in [0, 0.1) is 0 Å². The van der Waals surface area contributed by atoms with Crippen molar-refractivity contribution in [1.29, 1.82) is 0 Å². The van der Waals surface area contributed by atoms with Crippen molar-refractivity contribution < 1.29 is 0 Å². The molecule has 0 atom stereocenters. The molecule has 0 bridgehead atoms. The fourth-order valence-corrected chi connectivity index (χ4v) is 2.19. The van der Waals surface area contributed by atoms with E-state index in [0.29, 0.717) is 5.92 Å². The number of nitrogens with one attached hydrogen (secondary N) is 1. The quantitative estimate of drug-likeness (QED) is 0.755. The van der Waals surface area contributed by atoms with Gasteiger partial charge in [0.05, 0.1) is 6.20 Å². The summed E-state index contributed by atoms with van der Waals surface area (Å²) in [6.07, 6.45) is 8.29. The molecule has 1 aliphatic rings. The molecule has 2 aromatic rings. The number of hydrogen-bond donors (Lipinski definition) is 1.